The normalized spacial score (nSPS) is 24.4. The number of benzene rings is 1. The summed E-state index contributed by atoms with van der Waals surface area (Å²) >= 11 is 0. The molecule has 6 nitrogen and oxygen atoms in total. The van der Waals surface area contributed by atoms with E-state index in [1.54, 1.807) is 12.0 Å². The quantitative estimate of drug-likeness (QED) is 0.730. The lowest BCUT2D eigenvalue weighted by Gasteiger charge is -2.28. The van der Waals surface area contributed by atoms with Crippen molar-refractivity contribution in [2.75, 3.05) is 26.8 Å². The molecule has 3 rings (SSSR count). The Kier molecular flexibility index (Phi) is 6.50. The monoisotopic (exact) mass is 374 g/mol. The highest BCUT2D eigenvalue weighted by Crippen LogP contribution is 2.38. The minimum Gasteiger partial charge on any atom is -0.390 e. The van der Waals surface area contributed by atoms with Gasteiger partial charge in [0.1, 0.15) is 0 Å². The van der Waals surface area contributed by atoms with Crippen LogP contribution in [0.1, 0.15) is 50.1 Å². The van der Waals surface area contributed by atoms with Crippen molar-refractivity contribution >= 4 is 11.8 Å². The number of likely N-dealkylation sites (tertiary alicyclic amines) is 1. The van der Waals surface area contributed by atoms with Gasteiger partial charge in [0, 0.05) is 26.6 Å². The Labute approximate surface area is 160 Å². The highest BCUT2D eigenvalue weighted by Gasteiger charge is 2.44. The molecule has 1 saturated heterocycles. The first kappa shape index (κ1) is 19.8. The van der Waals surface area contributed by atoms with Crippen molar-refractivity contribution in [3.05, 3.63) is 35.9 Å². The van der Waals surface area contributed by atoms with E-state index in [1.807, 2.05) is 30.3 Å². The van der Waals surface area contributed by atoms with E-state index in [9.17, 15) is 14.7 Å². The SMILES string of the molecule is COCCN1C(=O)C[C@@H](C(=O)NCCC2(O)CCCC2)[C@@H]1c1ccccc1. The summed E-state index contributed by atoms with van der Waals surface area (Å²) in [7, 11) is 1.61. The average molecular weight is 374 g/mol. The number of aliphatic hydroxyl groups is 1. The van der Waals surface area contributed by atoms with Gasteiger partial charge in [0.05, 0.1) is 24.2 Å². The summed E-state index contributed by atoms with van der Waals surface area (Å²) in [6, 6.07) is 9.43. The number of nitrogens with one attached hydrogen (secondary N) is 1. The summed E-state index contributed by atoms with van der Waals surface area (Å²) in [5.74, 6) is -0.552. The van der Waals surface area contributed by atoms with Crippen LogP contribution in [0.2, 0.25) is 0 Å². The fourth-order valence-corrected chi connectivity index (χ4v) is 4.37. The molecular weight excluding hydrogens is 344 g/mol. The van der Waals surface area contributed by atoms with Gasteiger partial charge in [-0.1, -0.05) is 43.2 Å². The molecule has 1 aliphatic heterocycles. The number of rotatable bonds is 8. The van der Waals surface area contributed by atoms with Gasteiger partial charge in [0.15, 0.2) is 0 Å². The van der Waals surface area contributed by atoms with Gasteiger partial charge in [-0.2, -0.15) is 0 Å². The van der Waals surface area contributed by atoms with Crippen LogP contribution in [0.5, 0.6) is 0 Å². The molecule has 1 saturated carbocycles. The lowest BCUT2D eigenvalue weighted by Crippen LogP contribution is -2.39. The smallest absolute Gasteiger partial charge is 0.226 e. The molecule has 2 atom stereocenters. The molecule has 2 aliphatic rings. The minimum absolute atomic E-state index is 0.0181. The number of methoxy groups -OCH3 is 1. The van der Waals surface area contributed by atoms with Gasteiger partial charge in [-0.05, 0) is 24.8 Å². The largest absolute Gasteiger partial charge is 0.390 e. The maximum atomic E-state index is 12.9. The van der Waals surface area contributed by atoms with E-state index in [-0.39, 0.29) is 24.3 Å². The van der Waals surface area contributed by atoms with Gasteiger partial charge in [-0.25, -0.2) is 0 Å². The molecule has 27 heavy (non-hydrogen) atoms. The maximum Gasteiger partial charge on any atom is 0.226 e. The first-order valence-electron chi connectivity index (χ1n) is 9.87. The van der Waals surface area contributed by atoms with Crippen molar-refractivity contribution in [1.82, 2.24) is 10.2 Å². The first-order valence-corrected chi connectivity index (χ1v) is 9.87. The fourth-order valence-electron chi connectivity index (χ4n) is 4.37. The van der Waals surface area contributed by atoms with Gasteiger partial charge < -0.3 is 20.1 Å². The fraction of sp³-hybridized carbons (Fsp3) is 0.619. The van der Waals surface area contributed by atoms with E-state index in [2.05, 4.69) is 5.32 Å². The van der Waals surface area contributed by atoms with E-state index in [0.717, 1.165) is 31.2 Å². The van der Waals surface area contributed by atoms with Crippen molar-refractivity contribution < 1.29 is 19.4 Å². The number of hydrogen-bond donors (Lipinski definition) is 2. The van der Waals surface area contributed by atoms with Crippen molar-refractivity contribution in [2.24, 2.45) is 5.92 Å². The standard InChI is InChI=1S/C21H30N2O4/c1-27-14-13-23-18(24)15-17(19(23)16-7-3-2-4-8-16)20(25)22-12-11-21(26)9-5-6-10-21/h2-4,7-8,17,19,26H,5-6,9-15H2,1H3,(H,22,25)/t17-,19+/m1/s1. The molecule has 2 fully saturated rings. The molecule has 1 aromatic rings. The Bertz CT molecular complexity index is 643. The van der Waals surface area contributed by atoms with Crippen LogP contribution in [0.25, 0.3) is 0 Å². The molecule has 148 valence electrons. The van der Waals surface area contributed by atoms with Crippen LogP contribution in [0, 0.1) is 5.92 Å². The van der Waals surface area contributed by atoms with Gasteiger partial charge in [-0.15, -0.1) is 0 Å². The zero-order valence-electron chi connectivity index (χ0n) is 16.0. The highest BCUT2D eigenvalue weighted by atomic mass is 16.5. The number of amides is 2. The van der Waals surface area contributed by atoms with Crippen LogP contribution in [0.15, 0.2) is 30.3 Å². The topological polar surface area (TPSA) is 78.9 Å². The molecule has 1 aliphatic carbocycles. The van der Waals surface area contributed by atoms with Gasteiger partial charge >= 0.3 is 0 Å². The van der Waals surface area contributed by atoms with Crippen molar-refractivity contribution in [3.63, 3.8) is 0 Å². The molecule has 2 N–H and O–H groups in total. The molecular formula is C21H30N2O4. The summed E-state index contributed by atoms with van der Waals surface area (Å²) in [6.07, 6.45) is 4.49. The third kappa shape index (κ3) is 4.68. The average Bonchev–Trinajstić information content (AvgIpc) is 3.24. The molecule has 0 aromatic heterocycles. The lowest BCUT2D eigenvalue weighted by molar-refractivity contribution is -0.129. The Morgan fingerprint density at radius 1 is 1.30 bits per heavy atom. The molecule has 1 aromatic carbocycles. The van der Waals surface area contributed by atoms with Gasteiger partial charge in [-0.3, -0.25) is 9.59 Å². The zero-order valence-corrected chi connectivity index (χ0v) is 16.0. The second-order valence-corrected chi connectivity index (χ2v) is 7.72. The molecule has 6 heteroatoms. The van der Waals surface area contributed by atoms with Crippen LogP contribution in [-0.4, -0.2) is 54.2 Å². The van der Waals surface area contributed by atoms with Crippen LogP contribution < -0.4 is 5.32 Å². The van der Waals surface area contributed by atoms with Crippen molar-refractivity contribution in [3.8, 4) is 0 Å². The van der Waals surface area contributed by atoms with Crippen LogP contribution in [0.3, 0.4) is 0 Å². The molecule has 0 unspecified atom stereocenters. The van der Waals surface area contributed by atoms with Crippen LogP contribution in [-0.2, 0) is 14.3 Å². The van der Waals surface area contributed by atoms with E-state index >= 15 is 0 Å². The minimum atomic E-state index is -0.637. The molecule has 0 spiro atoms. The van der Waals surface area contributed by atoms with E-state index < -0.39 is 11.5 Å². The maximum absolute atomic E-state index is 12.9. The predicted molar refractivity (Wildman–Crippen MR) is 102 cm³/mol. The second kappa shape index (κ2) is 8.85. The van der Waals surface area contributed by atoms with Crippen LogP contribution in [0.4, 0.5) is 0 Å². The number of hydrogen-bond acceptors (Lipinski definition) is 4. The summed E-state index contributed by atoms with van der Waals surface area (Å²) < 4.78 is 5.14. The Balaban J connectivity index is 1.67. The summed E-state index contributed by atoms with van der Waals surface area (Å²) in [4.78, 5) is 27.2. The number of carbonyl (C=O) groups excluding carboxylic acids is 2. The number of ether oxygens (including phenoxy) is 1. The van der Waals surface area contributed by atoms with Crippen LogP contribution >= 0.6 is 0 Å². The molecule has 0 bridgehead atoms. The Morgan fingerprint density at radius 2 is 2.00 bits per heavy atom. The highest BCUT2D eigenvalue weighted by molar-refractivity contribution is 5.90. The third-order valence-corrected chi connectivity index (χ3v) is 5.87. The molecule has 0 radical (unpaired) electrons. The van der Waals surface area contributed by atoms with E-state index in [4.69, 9.17) is 4.74 Å². The zero-order chi connectivity index (χ0) is 19.3. The first-order chi connectivity index (χ1) is 13.0. The summed E-state index contributed by atoms with van der Waals surface area (Å²) in [5.41, 5.74) is 0.330. The third-order valence-electron chi connectivity index (χ3n) is 5.87. The molecule has 2 amide bonds. The predicted octanol–water partition coefficient (Wildman–Crippen LogP) is 2.03. The Morgan fingerprint density at radius 3 is 2.67 bits per heavy atom. The van der Waals surface area contributed by atoms with E-state index in [0.29, 0.717) is 26.1 Å². The van der Waals surface area contributed by atoms with Crippen molar-refractivity contribution in [2.45, 2.75) is 50.2 Å². The van der Waals surface area contributed by atoms with Gasteiger partial charge in [0.25, 0.3) is 0 Å². The number of nitrogens with zero attached hydrogens (tertiary/aromatic N) is 1. The Hall–Kier alpha value is -1.92. The van der Waals surface area contributed by atoms with Crippen molar-refractivity contribution in [1.29, 1.82) is 0 Å². The number of carbonyl (C=O) groups is 2. The summed E-state index contributed by atoms with van der Waals surface area (Å²) in [6.45, 7) is 1.36. The second-order valence-electron chi connectivity index (χ2n) is 7.72. The van der Waals surface area contributed by atoms with Gasteiger partial charge in [0.2, 0.25) is 11.8 Å². The lowest BCUT2D eigenvalue weighted by atomic mass is 9.92. The summed E-state index contributed by atoms with van der Waals surface area (Å²) in [5, 5.41) is 13.4. The van der Waals surface area contributed by atoms with E-state index in [1.165, 1.54) is 0 Å². The molecule has 1 heterocycles.